The van der Waals surface area contributed by atoms with E-state index in [9.17, 15) is 0 Å². The summed E-state index contributed by atoms with van der Waals surface area (Å²) in [4.78, 5) is 0. The summed E-state index contributed by atoms with van der Waals surface area (Å²) in [5.41, 5.74) is 5.99. The second-order valence-electron chi connectivity index (χ2n) is 20.5. The maximum absolute atomic E-state index is 6.38. The molecular formula is C58H54BBr2IO2. The number of rotatable bonds is 2. The van der Waals surface area contributed by atoms with Gasteiger partial charge in [0.1, 0.15) is 0 Å². The van der Waals surface area contributed by atoms with Crippen molar-refractivity contribution < 1.29 is 9.31 Å². The van der Waals surface area contributed by atoms with Crippen LogP contribution in [0, 0.1) is 3.57 Å². The fourth-order valence-corrected chi connectivity index (χ4v) is 10.8. The Bertz CT molecular complexity index is 3290. The Hall–Kier alpha value is -4.05. The first-order valence-electron chi connectivity index (χ1n) is 22.2. The normalized spacial score (nSPS) is 15.0. The minimum Gasteiger partial charge on any atom is -0.399 e. The van der Waals surface area contributed by atoms with Crippen molar-refractivity contribution in [1.82, 2.24) is 0 Å². The van der Waals surface area contributed by atoms with Crippen LogP contribution in [0.15, 0.2) is 155 Å². The minimum atomic E-state index is -0.352. The highest BCUT2D eigenvalue weighted by molar-refractivity contribution is 14.1. The van der Waals surface area contributed by atoms with Crippen LogP contribution in [-0.2, 0) is 20.1 Å². The van der Waals surface area contributed by atoms with Crippen LogP contribution >= 0.6 is 54.5 Å². The number of benzene rings is 10. The minimum absolute atomic E-state index is 0.123. The number of halogens is 3. The van der Waals surface area contributed by atoms with E-state index in [0.29, 0.717) is 0 Å². The van der Waals surface area contributed by atoms with E-state index >= 15 is 0 Å². The van der Waals surface area contributed by atoms with Crippen molar-refractivity contribution in [1.29, 1.82) is 0 Å². The molecule has 0 aliphatic carbocycles. The van der Waals surface area contributed by atoms with Gasteiger partial charge < -0.3 is 9.31 Å². The van der Waals surface area contributed by atoms with Crippen LogP contribution in [-0.4, -0.2) is 18.3 Å². The molecule has 0 saturated carbocycles. The van der Waals surface area contributed by atoms with Gasteiger partial charge in [0.05, 0.1) is 11.2 Å². The van der Waals surface area contributed by atoms with Gasteiger partial charge in [0.2, 0.25) is 0 Å². The van der Waals surface area contributed by atoms with Crippen LogP contribution in [0.25, 0.3) is 75.8 Å². The second-order valence-corrected chi connectivity index (χ2v) is 23.5. The Kier molecular flexibility index (Phi) is 11.8. The molecule has 1 aliphatic rings. The summed E-state index contributed by atoms with van der Waals surface area (Å²) in [6.07, 6.45) is 0. The summed E-state index contributed by atoms with van der Waals surface area (Å²) < 4.78 is 16.3. The maximum atomic E-state index is 6.38. The molecule has 0 unspecified atom stereocenters. The number of hydrogen-bond acceptors (Lipinski definition) is 2. The van der Waals surface area contributed by atoms with Gasteiger partial charge in [-0.3, -0.25) is 0 Å². The monoisotopic (exact) mass is 1080 g/mol. The van der Waals surface area contributed by atoms with Gasteiger partial charge in [-0.25, -0.2) is 0 Å². The lowest BCUT2D eigenvalue weighted by Crippen LogP contribution is -2.41. The zero-order valence-electron chi connectivity index (χ0n) is 38.4. The quantitative estimate of drug-likeness (QED) is 0.0976. The Balaban J connectivity index is 0.000000138. The third-order valence-corrected chi connectivity index (χ3v) is 15.1. The molecule has 10 aromatic rings. The molecule has 0 radical (unpaired) electrons. The molecule has 10 aromatic carbocycles. The summed E-state index contributed by atoms with van der Waals surface area (Å²) in [6, 6.07) is 53.2. The van der Waals surface area contributed by atoms with Crippen LogP contribution < -0.4 is 5.46 Å². The first kappa shape index (κ1) is 45.1. The molecule has 0 atom stereocenters. The van der Waals surface area contributed by atoms with Gasteiger partial charge in [0, 0.05) is 12.5 Å². The Labute approximate surface area is 409 Å². The van der Waals surface area contributed by atoms with Crippen molar-refractivity contribution in [3.8, 4) is 11.1 Å². The van der Waals surface area contributed by atoms with Crippen molar-refractivity contribution in [3.63, 3.8) is 0 Å². The third-order valence-electron chi connectivity index (χ3n) is 13.4. The highest BCUT2D eigenvalue weighted by Crippen LogP contribution is 2.43. The van der Waals surface area contributed by atoms with E-state index in [1.54, 1.807) is 0 Å². The fraction of sp³-hybridized carbons (Fsp3) is 0.241. The van der Waals surface area contributed by atoms with Crippen molar-refractivity contribution in [2.75, 3.05) is 0 Å². The number of hydrogen-bond donors (Lipinski definition) is 0. The lowest BCUT2D eigenvalue weighted by atomic mass is 9.74. The van der Waals surface area contributed by atoms with E-state index in [4.69, 9.17) is 9.31 Å². The smallest absolute Gasteiger partial charge is 0.399 e. The van der Waals surface area contributed by atoms with Crippen molar-refractivity contribution in [2.24, 2.45) is 0 Å². The summed E-state index contributed by atoms with van der Waals surface area (Å²) in [7, 11) is -0.352. The van der Waals surface area contributed by atoms with Gasteiger partial charge in [-0.2, -0.15) is 0 Å². The van der Waals surface area contributed by atoms with Crippen LogP contribution in [0.5, 0.6) is 0 Å². The Morgan fingerprint density at radius 1 is 0.453 bits per heavy atom. The van der Waals surface area contributed by atoms with E-state index in [-0.39, 0.29) is 29.2 Å². The molecule has 11 rings (SSSR count). The van der Waals surface area contributed by atoms with E-state index in [0.717, 1.165) is 14.4 Å². The lowest BCUT2D eigenvalue weighted by molar-refractivity contribution is 0.00578. The van der Waals surface area contributed by atoms with Crippen LogP contribution in [0.3, 0.4) is 0 Å². The van der Waals surface area contributed by atoms with E-state index in [1.165, 1.54) is 90.5 Å². The summed E-state index contributed by atoms with van der Waals surface area (Å²) >= 11 is 9.25. The zero-order valence-corrected chi connectivity index (χ0v) is 43.7. The third kappa shape index (κ3) is 8.47. The van der Waals surface area contributed by atoms with Gasteiger partial charge in [0.25, 0.3) is 0 Å². The fourth-order valence-electron chi connectivity index (χ4n) is 9.07. The van der Waals surface area contributed by atoms with Crippen molar-refractivity contribution in [3.05, 3.63) is 169 Å². The van der Waals surface area contributed by atoms with Gasteiger partial charge >= 0.3 is 7.12 Å². The molecule has 1 heterocycles. The topological polar surface area (TPSA) is 18.5 Å². The average Bonchev–Trinajstić information content (AvgIpc) is 3.46. The van der Waals surface area contributed by atoms with Gasteiger partial charge in [-0.05, 0) is 184 Å². The average molecular weight is 1080 g/mol. The first-order valence-corrected chi connectivity index (χ1v) is 24.8. The SMILES string of the molecule is Brc1cccc(I)c1.CC(C)(C)c1cc2ccc3ccc(-c4cccc(Br)c4)c4ccc(c1)c2c34.CC(C)(C)c1cc2ccc3ccc(B4OC(C)(C)C(C)(C)O4)c4ccc(c1)c2c34. The summed E-state index contributed by atoms with van der Waals surface area (Å²) in [6.45, 7) is 22.1. The van der Waals surface area contributed by atoms with E-state index < -0.39 is 0 Å². The van der Waals surface area contributed by atoms with E-state index in [1.807, 2.05) is 12.1 Å². The van der Waals surface area contributed by atoms with Crippen molar-refractivity contribution in [2.45, 2.75) is 91.3 Å². The lowest BCUT2D eigenvalue weighted by Gasteiger charge is -2.32. The molecule has 1 aliphatic heterocycles. The van der Waals surface area contributed by atoms with Crippen LogP contribution in [0.1, 0.15) is 80.4 Å². The predicted octanol–water partition coefficient (Wildman–Crippen LogP) is 17.5. The summed E-state index contributed by atoms with van der Waals surface area (Å²) in [5, 5.41) is 15.8. The molecule has 0 aromatic heterocycles. The highest BCUT2D eigenvalue weighted by Gasteiger charge is 2.52. The van der Waals surface area contributed by atoms with Gasteiger partial charge in [0.15, 0.2) is 0 Å². The molecule has 0 amide bonds. The molecular weight excluding hydrogens is 1030 g/mol. The highest BCUT2D eigenvalue weighted by atomic mass is 127. The van der Waals surface area contributed by atoms with Crippen molar-refractivity contribution >= 4 is 132 Å². The van der Waals surface area contributed by atoms with Gasteiger partial charge in [-0.1, -0.05) is 189 Å². The summed E-state index contributed by atoms with van der Waals surface area (Å²) in [5.74, 6) is 0. The molecule has 0 spiro atoms. The van der Waals surface area contributed by atoms with E-state index in [2.05, 4.69) is 257 Å². The van der Waals surface area contributed by atoms with Crippen LogP contribution in [0.2, 0.25) is 0 Å². The van der Waals surface area contributed by atoms with Crippen LogP contribution in [0.4, 0.5) is 0 Å². The first-order chi connectivity index (χ1) is 30.2. The molecule has 64 heavy (non-hydrogen) atoms. The molecule has 6 heteroatoms. The predicted molar refractivity (Wildman–Crippen MR) is 293 cm³/mol. The molecule has 0 bridgehead atoms. The molecule has 0 N–H and O–H groups in total. The second kappa shape index (κ2) is 16.7. The maximum Gasteiger partial charge on any atom is 0.495 e. The molecule has 1 fully saturated rings. The standard InChI is InChI=1S/C26H29BO2.C26H21Br.C6H4BrI/c1-24(2,3)19-14-17-9-8-16-11-13-21(27-28-25(4,5)26(6,7)29-27)20-12-10-18(15-19)22(17)23(16)20;1-26(2,3)20-13-18-8-7-16-9-11-22(17-5-4-6-21(27)15-17)23-12-10-19(14-20)24(18)25(16)23;7-5-2-1-3-6(8)4-5/h8-15H,1-7H3;4-15H,1-3H3;1-4H. The molecule has 322 valence electrons. The molecule has 1 saturated heterocycles. The van der Waals surface area contributed by atoms with Gasteiger partial charge in [-0.15, -0.1) is 0 Å². The zero-order chi connectivity index (χ0) is 45.5. The molecule has 2 nitrogen and oxygen atoms in total. The largest absolute Gasteiger partial charge is 0.495 e. The Morgan fingerprint density at radius 2 is 0.875 bits per heavy atom. The Morgan fingerprint density at radius 3 is 1.34 bits per heavy atom.